The Kier molecular flexibility index (Phi) is 4.00. The molecule has 1 amide bonds. The first-order chi connectivity index (χ1) is 8.99. The number of anilines is 1. The summed E-state index contributed by atoms with van der Waals surface area (Å²) in [6.45, 7) is 6.18. The van der Waals surface area contributed by atoms with Crippen LogP contribution in [0.1, 0.15) is 37.6 Å². The van der Waals surface area contributed by atoms with Crippen LogP contribution < -0.4 is 10.2 Å². The summed E-state index contributed by atoms with van der Waals surface area (Å²) in [6, 6.07) is 7.40. The molecule has 0 spiro atoms. The van der Waals surface area contributed by atoms with Crippen LogP contribution in [0.4, 0.5) is 5.69 Å². The van der Waals surface area contributed by atoms with Gasteiger partial charge < -0.3 is 10.2 Å². The maximum Gasteiger partial charge on any atom is 0.243 e. The predicted molar refractivity (Wildman–Crippen MR) is 75.5 cm³/mol. The maximum atomic E-state index is 12.4. The Bertz CT molecular complexity index is 499. The molecule has 0 radical (unpaired) electrons. The van der Waals surface area contributed by atoms with Crippen molar-refractivity contribution in [1.29, 1.82) is 0 Å². The fourth-order valence-corrected chi connectivity index (χ4v) is 2.40. The van der Waals surface area contributed by atoms with Crippen molar-refractivity contribution in [2.24, 2.45) is 0 Å². The summed E-state index contributed by atoms with van der Waals surface area (Å²) < 4.78 is 0. The zero-order chi connectivity index (χ0) is 14.0. The molecule has 0 aromatic heterocycles. The molecule has 19 heavy (non-hydrogen) atoms. The zero-order valence-corrected chi connectivity index (χ0v) is 11.6. The molecule has 4 nitrogen and oxygen atoms in total. The molecule has 1 aliphatic rings. The number of carbonyl (C=O) groups excluding carboxylic acids is 2. The number of carbonyl (C=O) groups is 2. The van der Waals surface area contributed by atoms with Gasteiger partial charge in [-0.1, -0.05) is 12.1 Å². The smallest absolute Gasteiger partial charge is 0.243 e. The minimum atomic E-state index is -0.196. The molecule has 0 aliphatic carbocycles. The molecule has 2 unspecified atom stereocenters. The maximum absolute atomic E-state index is 12.4. The number of hydrogen-bond donors (Lipinski definition) is 1. The molecule has 1 heterocycles. The number of nitrogens with one attached hydrogen (secondary N) is 1. The molecule has 1 saturated heterocycles. The second-order valence-electron chi connectivity index (χ2n) is 5.17. The van der Waals surface area contributed by atoms with E-state index in [9.17, 15) is 9.59 Å². The molecule has 1 fully saturated rings. The lowest BCUT2D eigenvalue weighted by molar-refractivity contribution is -0.119. The number of hydrogen-bond acceptors (Lipinski definition) is 3. The van der Waals surface area contributed by atoms with Crippen LogP contribution in [0.15, 0.2) is 24.3 Å². The van der Waals surface area contributed by atoms with E-state index in [2.05, 4.69) is 12.2 Å². The Hall–Kier alpha value is -1.68. The Morgan fingerprint density at radius 3 is 2.79 bits per heavy atom. The molecule has 0 saturated carbocycles. The number of nitrogens with zero attached hydrogens (tertiary/aromatic N) is 1. The van der Waals surface area contributed by atoms with E-state index in [0.717, 1.165) is 12.1 Å². The second kappa shape index (κ2) is 5.53. The van der Waals surface area contributed by atoms with Gasteiger partial charge in [0, 0.05) is 23.8 Å². The largest absolute Gasteiger partial charge is 0.311 e. The molecule has 2 atom stereocenters. The van der Waals surface area contributed by atoms with Crippen LogP contribution in [-0.4, -0.2) is 30.3 Å². The number of rotatable bonds is 2. The Labute approximate surface area is 113 Å². The van der Waals surface area contributed by atoms with Gasteiger partial charge in [-0.3, -0.25) is 9.59 Å². The summed E-state index contributed by atoms with van der Waals surface area (Å²) in [5.74, 6) is 0.0775. The highest BCUT2D eigenvalue weighted by Gasteiger charge is 2.27. The van der Waals surface area contributed by atoms with E-state index in [-0.39, 0.29) is 17.7 Å². The van der Waals surface area contributed by atoms with Gasteiger partial charge in [0.1, 0.15) is 0 Å². The van der Waals surface area contributed by atoms with E-state index in [4.69, 9.17) is 0 Å². The SMILES string of the molecule is CC(=O)c1cccc(N2CCC(C)NC(C)C2=O)c1. The number of Topliss-reactive ketones (excluding diaryl/α,β-unsaturated/α-hetero) is 1. The first-order valence-corrected chi connectivity index (χ1v) is 6.67. The molecular weight excluding hydrogens is 240 g/mol. The molecule has 102 valence electrons. The van der Waals surface area contributed by atoms with Gasteiger partial charge in [0.05, 0.1) is 6.04 Å². The lowest BCUT2D eigenvalue weighted by Crippen LogP contribution is -2.43. The molecule has 4 heteroatoms. The van der Waals surface area contributed by atoms with Crippen LogP contribution in [0.5, 0.6) is 0 Å². The molecule has 1 aromatic rings. The van der Waals surface area contributed by atoms with E-state index in [1.165, 1.54) is 6.92 Å². The third-order valence-corrected chi connectivity index (χ3v) is 3.52. The monoisotopic (exact) mass is 260 g/mol. The standard InChI is InChI=1S/C15H20N2O2/c1-10-7-8-17(15(19)11(2)16-10)14-6-4-5-13(9-14)12(3)18/h4-6,9-11,16H,7-8H2,1-3H3. The van der Waals surface area contributed by atoms with Gasteiger partial charge in [-0.15, -0.1) is 0 Å². The van der Waals surface area contributed by atoms with E-state index in [1.54, 1.807) is 17.0 Å². The van der Waals surface area contributed by atoms with Gasteiger partial charge >= 0.3 is 0 Å². The van der Waals surface area contributed by atoms with Crippen molar-refractivity contribution >= 4 is 17.4 Å². The van der Waals surface area contributed by atoms with Gasteiger partial charge in [0.15, 0.2) is 5.78 Å². The minimum Gasteiger partial charge on any atom is -0.311 e. The number of benzene rings is 1. The molecule has 1 aliphatic heterocycles. The van der Waals surface area contributed by atoms with E-state index in [1.807, 2.05) is 19.1 Å². The van der Waals surface area contributed by atoms with Crippen molar-refractivity contribution in [3.8, 4) is 0 Å². The van der Waals surface area contributed by atoms with Gasteiger partial charge in [0.2, 0.25) is 5.91 Å². The minimum absolute atomic E-state index is 0.0173. The van der Waals surface area contributed by atoms with Gasteiger partial charge in [-0.25, -0.2) is 0 Å². The van der Waals surface area contributed by atoms with Gasteiger partial charge in [0.25, 0.3) is 0 Å². The highest BCUT2D eigenvalue weighted by atomic mass is 16.2. The Morgan fingerprint density at radius 2 is 2.11 bits per heavy atom. The summed E-state index contributed by atoms with van der Waals surface area (Å²) in [7, 11) is 0. The Balaban J connectivity index is 2.31. The lowest BCUT2D eigenvalue weighted by atomic mass is 10.1. The number of ketones is 1. The lowest BCUT2D eigenvalue weighted by Gasteiger charge is -2.23. The summed E-state index contributed by atoms with van der Waals surface area (Å²) >= 11 is 0. The number of amides is 1. The molecule has 2 rings (SSSR count). The van der Waals surface area contributed by atoms with E-state index in [0.29, 0.717) is 18.2 Å². The molecule has 1 N–H and O–H groups in total. The van der Waals surface area contributed by atoms with Crippen LogP contribution in [0.2, 0.25) is 0 Å². The van der Waals surface area contributed by atoms with Crippen LogP contribution in [0, 0.1) is 0 Å². The van der Waals surface area contributed by atoms with Gasteiger partial charge in [-0.05, 0) is 39.3 Å². The molecule has 1 aromatic carbocycles. The molecular formula is C15H20N2O2. The van der Waals surface area contributed by atoms with Crippen molar-refractivity contribution in [2.75, 3.05) is 11.4 Å². The summed E-state index contributed by atoms with van der Waals surface area (Å²) in [5, 5.41) is 3.27. The van der Waals surface area contributed by atoms with Crippen molar-refractivity contribution in [2.45, 2.75) is 39.3 Å². The normalized spacial score (nSPS) is 24.2. The topological polar surface area (TPSA) is 49.4 Å². The quantitative estimate of drug-likeness (QED) is 0.827. The van der Waals surface area contributed by atoms with Crippen LogP contribution >= 0.6 is 0 Å². The van der Waals surface area contributed by atoms with E-state index >= 15 is 0 Å². The first-order valence-electron chi connectivity index (χ1n) is 6.67. The van der Waals surface area contributed by atoms with Crippen molar-refractivity contribution in [1.82, 2.24) is 5.32 Å². The Morgan fingerprint density at radius 1 is 1.37 bits per heavy atom. The van der Waals surface area contributed by atoms with Crippen LogP contribution in [0.3, 0.4) is 0 Å². The van der Waals surface area contributed by atoms with Crippen LogP contribution in [-0.2, 0) is 4.79 Å². The third kappa shape index (κ3) is 3.01. The first kappa shape index (κ1) is 13.7. The fraction of sp³-hybridized carbons (Fsp3) is 0.467. The second-order valence-corrected chi connectivity index (χ2v) is 5.17. The molecule has 0 bridgehead atoms. The van der Waals surface area contributed by atoms with Crippen molar-refractivity contribution < 1.29 is 9.59 Å². The zero-order valence-electron chi connectivity index (χ0n) is 11.6. The highest BCUT2D eigenvalue weighted by molar-refractivity contribution is 5.99. The average Bonchev–Trinajstić information content (AvgIpc) is 2.50. The summed E-state index contributed by atoms with van der Waals surface area (Å²) in [6.07, 6.45) is 0.903. The predicted octanol–water partition coefficient (Wildman–Crippen LogP) is 1.99. The highest BCUT2D eigenvalue weighted by Crippen LogP contribution is 2.20. The summed E-state index contributed by atoms with van der Waals surface area (Å²) in [4.78, 5) is 25.6. The van der Waals surface area contributed by atoms with Gasteiger partial charge in [-0.2, -0.15) is 0 Å². The van der Waals surface area contributed by atoms with Crippen molar-refractivity contribution in [3.05, 3.63) is 29.8 Å². The fourth-order valence-electron chi connectivity index (χ4n) is 2.40. The average molecular weight is 260 g/mol. The van der Waals surface area contributed by atoms with Crippen molar-refractivity contribution in [3.63, 3.8) is 0 Å². The van der Waals surface area contributed by atoms with Crippen LogP contribution in [0.25, 0.3) is 0 Å². The summed E-state index contributed by atoms with van der Waals surface area (Å²) in [5.41, 5.74) is 1.45. The van der Waals surface area contributed by atoms with E-state index < -0.39 is 0 Å². The third-order valence-electron chi connectivity index (χ3n) is 3.52.